The van der Waals surface area contributed by atoms with Gasteiger partial charge in [0.25, 0.3) is 0 Å². The summed E-state index contributed by atoms with van der Waals surface area (Å²) in [6, 6.07) is 13.8. The number of nitriles is 1. The first-order chi connectivity index (χ1) is 8.70. The predicted octanol–water partition coefficient (Wildman–Crippen LogP) is 4.04. The molecule has 0 bridgehead atoms. The molecule has 0 fully saturated rings. The normalized spacial score (nSPS) is 9.83. The third-order valence-electron chi connectivity index (χ3n) is 2.41. The first-order valence-corrected chi connectivity index (χ1v) is 6.06. The highest BCUT2D eigenvalue weighted by atomic mass is 79.9. The van der Waals surface area contributed by atoms with Crippen molar-refractivity contribution in [2.24, 2.45) is 0 Å². The highest BCUT2D eigenvalue weighted by molar-refractivity contribution is 9.10. The van der Waals surface area contributed by atoms with Crippen LogP contribution in [-0.4, -0.2) is 0 Å². The van der Waals surface area contributed by atoms with Crippen molar-refractivity contribution in [1.29, 1.82) is 5.26 Å². The third kappa shape index (κ3) is 2.88. The molecule has 0 aliphatic rings. The Balaban J connectivity index is 2.07. The molecule has 0 radical (unpaired) electrons. The van der Waals surface area contributed by atoms with Crippen LogP contribution in [0, 0.1) is 17.1 Å². The molecule has 4 heteroatoms. The molecule has 0 saturated carbocycles. The largest absolute Gasteiger partial charge is 0.489 e. The van der Waals surface area contributed by atoms with E-state index in [1.165, 1.54) is 0 Å². The van der Waals surface area contributed by atoms with Gasteiger partial charge >= 0.3 is 0 Å². The van der Waals surface area contributed by atoms with Gasteiger partial charge in [-0.1, -0.05) is 12.1 Å². The monoisotopic (exact) mass is 305 g/mol. The van der Waals surface area contributed by atoms with Gasteiger partial charge in [-0.15, -0.1) is 0 Å². The Hall–Kier alpha value is -1.86. The van der Waals surface area contributed by atoms with Crippen LogP contribution in [0.4, 0.5) is 4.39 Å². The van der Waals surface area contributed by atoms with Crippen LogP contribution in [0.5, 0.6) is 5.75 Å². The summed E-state index contributed by atoms with van der Waals surface area (Å²) in [6.07, 6.45) is 0. The number of rotatable bonds is 3. The van der Waals surface area contributed by atoms with E-state index < -0.39 is 0 Å². The number of ether oxygens (including phenoxy) is 1. The maximum Gasteiger partial charge on any atom is 0.143 e. The second kappa shape index (κ2) is 5.65. The molecule has 18 heavy (non-hydrogen) atoms. The van der Waals surface area contributed by atoms with E-state index >= 15 is 0 Å². The van der Waals surface area contributed by atoms with Gasteiger partial charge in [-0.3, -0.25) is 0 Å². The van der Waals surface area contributed by atoms with E-state index in [2.05, 4.69) is 15.9 Å². The fourth-order valence-electron chi connectivity index (χ4n) is 1.45. The molecule has 0 unspecified atom stereocenters. The lowest BCUT2D eigenvalue weighted by atomic mass is 10.2. The first kappa shape index (κ1) is 12.6. The molecule has 0 saturated heterocycles. The lowest BCUT2D eigenvalue weighted by Crippen LogP contribution is -1.98. The quantitative estimate of drug-likeness (QED) is 0.857. The van der Waals surface area contributed by atoms with Crippen molar-refractivity contribution in [3.63, 3.8) is 0 Å². The standard InChI is InChI=1S/C14H9BrFNO/c15-13-3-1-2-11(14(13)16)9-18-12-6-4-10(8-17)5-7-12/h1-7H,9H2. The number of hydrogen-bond donors (Lipinski definition) is 0. The Labute approximate surface area is 113 Å². The van der Waals surface area contributed by atoms with Gasteiger partial charge in [0.2, 0.25) is 0 Å². The molecule has 2 aromatic carbocycles. The zero-order chi connectivity index (χ0) is 13.0. The molecule has 2 rings (SSSR count). The molecular weight excluding hydrogens is 297 g/mol. The highest BCUT2D eigenvalue weighted by Crippen LogP contribution is 2.20. The first-order valence-electron chi connectivity index (χ1n) is 5.26. The zero-order valence-electron chi connectivity index (χ0n) is 9.36. The lowest BCUT2D eigenvalue weighted by molar-refractivity contribution is 0.299. The van der Waals surface area contributed by atoms with E-state index in [0.717, 1.165) is 0 Å². The molecule has 90 valence electrons. The number of halogens is 2. The van der Waals surface area contributed by atoms with Gasteiger partial charge in [0.1, 0.15) is 18.2 Å². The van der Waals surface area contributed by atoms with Gasteiger partial charge in [-0.05, 0) is 46.3 Å². The van der Waals surface area contributed by atoms with Crippen molar-refractivity contribution >= 4 is 15.9 Å². The molecule has 0 spiro atoms. The van der Waals surface area contributed by atoms with E-state index in [9.17, 15) is 4.39 Å². The molecule has 0 aliphatic carbocycles. The molecule has 0 amide bonds. The topological polar surface area (TPSA) is 33.0 Å². The molecule has 0 atom stereocenters. The van der Waals surface area contributed by atoms with E-state index in [4.69, 9.17) is 10.00 Å². The van der Waals surface area contributed by atoms with E-state index in [1.807, 2.05) is 6.07 Å². The second-order valence-electron chi connectivity index (χ2n) is 3.64. The van der Waals surface area contributed by atoms with Crippen molar-refractivity contribution in [2.45, 2.75) is 6.61 Å². The van der Waals surface area contributed by atoms with Crippen LogP contribution < -0.4 is 4.74 Å². The average molecular weight is 306 g/mol. The van der Waals surface area contributed by atoms with Crippen molar-refractivity contribution in [1.82, 2.24) is 0 Å². The molecule has 0 heterocycles. The second-order valence-corrected chi connectivity index (χ2v) is 4.49. The number of nitrogens with zero attached hydrogens (tertiary/aromatic N) is 1. The average Bonchev–Trinajstić information content (AvgIpc) is 2.41. The summed E-state index contributed by atoms with van der Waals surface area (Å²) < 4.78 is 19.5. The summed E-state index contributed by atoms with van der Waals surface area (Å²) in [7, 11) is 0. The maximum absolute atomic E-state index is 13.7. The Bertz CT molecular complexity index is 590. The fourth-order valence-corrected chi connectivity index (χ4v) is 1.85. The Morgan fingerprint density at radius 2 is 1.89 bits per heavy atom. The van der Waals surface area contributed by atoms with E-state index in [0.29, 0.717) is 21.3 Å². The Kier molecular flexibility index (Phi) is 3.96. The minimum absolute atomic E-state index is 0.150. The predicted molar refractivity (Wildman–Crippen MR) is 69.6 cm³/mol. The molecule has 2 aromatic rings. The van der Waals surface area contributed by atoms with Crippen LogP contribution in [0.2, 0.25) is 0 Å². The maximum atomic E-state index is 13.7. The number of benzene rings is 2. The Morgan fingerprint density at radius 3 is 2.56 bits per heavy atom. The van der Waals surface area contributed by atoms with Crippen LogP contribution >= 0.6 is 15.9 Å². The summed E-state index contributed by atoms with van der Waals surface area (Å²) in [5.74, 6) is 0.291. The van der Waals surface area contributed by atoms with E-state index in [-0.39, 0.29) is 12.4 Å². The van der Waals surface area contributed by atoms with Crippen LogP contribution in [0.1, 0.15) is 11.1 Å². The van der Waals surface area contributed by atoms with Gasteiger partial charge in [0.05, 0.1) is 16.1 Å². The smallest absolute Gasteiger partial charge is 0.143 e. The zero-order valence-corrected chi connectivity index (χ0v) is 10.9. The van der Waals surface area contributed by atoms with Gasteiger partial charge in [-0.2, -0.15) is 5.26 Å². The van der Waals surface area contributed by atoms with Gasteiger partial charge in [0.15, 0.2) is 0 Å². The number of hydrogen-bond acceptors (Lipinski definition) is 2. The summed E-state index contributed by atoms with van der Waals surface area (Å²) in [4.78, 5) is 0. The van der Waals surface area contributed by atoms with E-state index in [1.54, 1.807) is 42.5 Å². The van der Waals surface area contributed by atoms with Gasteiger partial charge < -0.3 is 4.74 Å². The molecular formula is C14H9BrFNO. The summed E-state index contributed by atoms with van der Waals surface area (Å²) >= 11 is 3.12. The van der Waals surface area contributed by atoms with Crippen molar-refractivity contribution in [2.75, 3.05) is 0 Å². The van der Waals surface area contributed by atoms with Crippen LogP contribution in [-0.2, 0) is 6.61 Å². The van der Waals surface area contributed by atoms with Crippen LogP contribution in [0.25, 0.3) is 0 Å². The van der Waals surface area contributed by atoms with Gasteiger partial charge in [0, 0.05) is 5.56 Å². The Morgan fingerprint density at radius 1 is 1.17 bits per heavy atom. The lowest BCUT2D eigenvalue weighted by Gasteiger charge is -2.07. The molecule has 0 N–H and O–H groups in total. The van der Waals surface area contributed by atoms with Crippen molar-refractivity contribution in [3.8, 4) is 11.8 Å². The highest BCUT2D eigenvalue weighted by Gasteiger charge is 2.06. The van der Waals surface area contributed by atoms with Crippen LogP contribution in [0.3, 0.4) is 0 Å². The molecule has 0 aliphatic heterocycles. The minimum atomic E-state index is -0.314. The van der Waals surface area contributed by atoms with Crippen LogP contribution in [0.15, 0.2) is 46.9 Å². The van der Waals surface area contributed by atoms with Crippen molar-refractivity contribution in [3.05, 3.63) is 63.9 Å². The van der Waals surface area contributed by atoms with Gasteiger partial charge in [-0.25, -0.2) is 4.39 Å². The minimum Gasteiger partial charge on any atom is -0.489 e. The SMILES string of the molecule is N#Cc1ccc(OCc2cccc(Br)c2F)cc1. The summed E-state index contributed by atoms with van der Waals surface area (Å²) in [5, 5.41) is 8.66. The fraction of sp³-hybridized carbons (Fsp3) is 0.0714. The molecule has 2 nitrogen and oxygen atoms in total. The summed E-state index contributed by atoms with van der Waals surface area (Å²) in [5.41, 5.74) is 1.05. The third-order valence-corrected chi connectivity index (χ3v) is 3.02. The summed E-state index contributed by atoms with van der Waals surface area (Å²) in [6.45, 7) is 0.150. The molecule has 0 aromatic heterocycles. The van der Waals surface area contributed by atoms with Crippen molar-refractivity contribution < 1.29 is 9.13 Å².